The van der Waals surface area contributed by atoms with E-state index in [9.17, 15) is 24.8 Å². The van der Waals surface area contributed by atoms with Gasteiger partial charge in [-0.1, -0.05) is 65.3 Å². The molecule has 5 aliphatic rings. The molecule has 3 fully saturated rings. The van der Waals surface area contributed by atoms with E-state index in [4.69, 9.17) is 4.74 Å². The van der Waals surface area contributed by atoms with Crippen molar-refractivity contribution in [3.8, 4) is 0 Å². The normalized spacial score (nSPS) is 37.5. The Balaban J connectivity index is 1.33. The maximum Gasteiger partial charge on any atom is 0.328 e. The number of ketones is 1. The quantitative estimate of drug-likeness (QED) is 0.181. The van der Waals surface area contributed by atoms with Crippen LogP contribution in [0.3, 0.4) is 0 Å². The average Bonchev–Trinajstić information content (AvgIpc) is 3.53. The van der Waals surface area contributed by atoms with Crippen molar-refractivity contribution in [2.75, 3.05) is 6.54 Å². The van der Waals surface area contributed by atoms with E-state index in [-0.39, 0.29) is 58.2 Å². The molecule has 3 saturated carbocycles. The zero-order valence-electron chi connectivity index (χ0n) is 31.4. The van der Waals surface area contributed by atoms with Gasteiger partial charge in [0.2, 0.25) is 6.54 Å². The van der Waals surface area contributed by atoms with E-state index in [1.54, 1.807) is 4.68 Å². The molecule has 0 spiro atoms. The van der Waals surface area contributed by atoms with Gasteiger partial charge < -0.3 is 9.84 Å². The van der Waals surface area contributed by atoms with Crippen LogP contribution in [0.4, 0.5) is 0 Å². The maximum absolute atomic E-state index is 13.7. The number of hydrogen-bond donors (Lipinski definition) is 1. The standard InChI is InChI=1S/C39H58N4O6/c1-23(2)32-27(44)19-39(30(45)21-43(47)48)18-17-37(9)25(33(32)39)11-12-29-36(8)15-13-24(35(6,7)28(36)14-16-38(29,37)10)26-20-42(41-40-26)22-31(46)49-34(3,4)5/h13,20,23,25,28-30,45H,11-12,14-19,21-22H2,1-10H3. The maximum atomic E-state index is 13.7. The number of aromatic nitrogens is 3. The van der Waals surface area contributed by atoms with E-state index in [1.165, 1.54) is 5.57 Å². The van der Waals surface area contributed by atoms with Crippen molar-refractivity contribution in [3.63, 3.8) is 0 Å². The summed E-state index contributed by atoms with van der Waals surface area (Å²) in [5, 5.41) is 32.0. The Morgan fingerprint density at radius 2 is 1.78 bits per heavy atom. The molecule has 1 aromatic heterocycles. The first kappa shape index (κ1) is 35.9. The molecule has 0 saturated heterocycles. The third kappa shape index (κ3) is 5.36. The lowest BCUT2D eigenvalue weighted by molar-refractivity contribution is -0.494. The molecule has 0 amide bonds. The number of carbonyl (C=O) groups is 2. The Morgan fingerprint density at radius 3 is 2.41 bits per heavy atom. The number of allylic oxidation sites excluding steroid dienone is 3. The van der Waals surface area contributed by atoms with Gasteiger partial charge in [-0.15, -0.1) is 5.10 Å². The van der Waals surface area contributed by atoms with Crippen LogP contribution in [0.15, 0.2) is 23.4 Å². The van der Waals surface area contributed by atoms with Gasteiger partial charge >= 0.3 is 5.97 Å². The van der Waals surface area contributed by atoms with Gasteiger partial charge in [-0.25, -0.2) is 4.68 Å². The number of rotatable bonds is 7. The molecule has 49 heavy (non-hydrogen) atoms. The summed E-state index contributed by atoms with van der Waals surface area (Å²) in [4.78, 5) is 37.4. The second-order valence-corrected chi connectivity index (χ2v) is 18.8. The van der Waals surface area contributed by atoms with Gasteiger partial charge in [-0.2, -0.15) is 0 Å². The zero-order valence-corrected chi connectivity index (χ0v) is 31.4. The van der Waals surface area contributed by atoms with Gasteiger partial charge in [0, 0.05) is 16.8 Å². The van der Waals surface area contributed by atoms with Gasteiger partial charge in [0.25, 0.3) is 0 Å². The van der Waals surface area contributed by atoms with E-state index in [2.05, 4.69) is 64.9 Å². The predicted molar refractivity (Wildman–Crippen MR) is 187 cm³/mol. The van der Waals surface area contributed by atoms with Crippen LogP contribution in [0.5, 0.6) is 0 Å². The first-order chi connectivity index (χ1) is 22.6. The van der Waals surface area contributed by atoms with Crippen LogP contribution in [0.1, 0.15) is 126 Å². The summed E-state index contributed by atoms with van der Waals surface area (Å²) in [6.07, 6.45) is 9.78. The molecule has 10 heteroatoms. The molecular weight excluding hydrogens is 620 g/mol. The number of esters is 1. The third-order valence-electron chi connectivity index (χ3n) is 14.5. The summed E-state index contributed by atoms with van der Waals surface area (Å²) < 4.78 is 7.08. The lowest BCUT2D eigenvalue weighted by Gasteiger charge is -2.71. The van der Waals surface area contributed by atoms with Crippen molar-refractivity contribution in [1.29, 1.82) is 0 Å². The highest BCUT2D eigenvalue weighted by Gasteiger charge is 2.70. The second-order valence-electron chi connectivity index (χ2n) is 18.8. The SMILES string of the molecule is CC(C)C1=C2C3CCC4C5(C)CC=C(c6cn(CC(=O)OC(C)(C)C)nn6)C(C)(C)C5CCC4(C)C3(C)CCC2(C(O)C[N+](=O)[O-])CC1=O. The van der Waals surface area contributed by atoms with Crippen LogP contribution in [0.2, 0.25) is 0 Å². The fourth-order valence-electron chi connectivity index (χ4n) is 12.5. The molecule has 1 N–H and O–H groups in total. The molecule has 6 rings (SSSR count). The number of carbonyl (C=O) groups excluding carboxylic acids is 2. The fraction of sp³-hybridized carbons (Fsp3) is 0.795. The van der Waals surface area contributed by atoms with Crippen molar-refractivity contribution in [2.24, 2.45) is 50.7 Å². The molecule has 8 atom stereocenters. The van der Waals surface area contributed by atoms with Crippen LogP contribution in [0.25, 0.3) is 5.57 Å². The molecule has 0 radical (unpaired) electrons. The van der Waals surface area contributed by atoms with Gasteiger partial charge in [0.05, 0.1) is 6.20 Å². The molecular formula is C39H58N4O6. The third-order valence-corrected chi connectivity index (χ3v) is 14.5. The molecule has 0 bridgehead atoms. The number of ether oxygens (including phenoxy) is 1. The van der Waals surface area contributed by atoms with Gasteiger partial charge in [-0.3, -0.25) is 19.7 Å². The number of aliphatic hydroxyl groups is 1. The van der Waals surface area contributed by atoms with Gasteiger partial charge in [0.1, 0.15) is 23.9 Å². The van der Waals surface area contributed by atoms with E-state index < -0.39 is 28.6 Å². The van der Waals surface area contributed by atoms with Crippen molar-refractivity contribution < 1.29 is 24.4 Å². The van der Waals surface area contributed by atoms with Crippen molar-refractivity contribution in [3.05, 3.63) is 39.2 Å². The molecule has 270 valence electrons. The summed E-state index contributed by atoms with van der Waals surface area (Å²) in [6, 6.07) is 0. The van der Waals surface area contributed by atoms with E-state index in [1.807, 2.05) is 27.0 Å². The lowest BCUT2D eigenvalue weighted by atomic mass is 9.33. The number of nitrogens with zero attached hydrogens (tertiary/aromatic N) is 4. The largest absolute Gasteiger partial charge is 0.459 e. The number of Topliss-reactive ketones (excluding diaryl/α,β-unsaturated/α-hetero) is 1. The molecule has 8 unspecified atom stereocenters. The minimum Gasteiger partial charge on any atom is -0.459 e. The fourth-order valence-corrected chi connectivity index (χ4v) is 12.5. The average molecular weight is 679 g/mol. The molecule has 1 heterocycles. The number of nitro groups is 1. The molecule has 5 aliphatic carbocycles. The number of fused-ring (bicyclic) bond motifs is 7. The minimum absolute atomic E-state index is 0.0000824. The summed E-state index contributed by atoms with van der Waals surface area (Å²) in [6.45, 7) is 21.3. The van der Waals surface area contributed by atoms with Crippen molar-refractivity contribution >= 4 is 17.3 Å². The first-order valence-corrected chi connectivity index (χ1v) is 18.5. The van der Waals surface area contributed by atoms with E-state index in [0.717, 1.165) is 55.4 Å². The summed E-state index contributed by atoms with van der Waals surface area (Å²) in [5.74, 6) is 0.742. The van der Waals surface area contributed by atoms with Crippen LogP contribution in [0, 0.1) is 60.9 Å². The van der Waals surface area contributed by atoms with E-state index >= 15 is 0 Å². The number of hydrogen-bond acceptors (Lipinski definition) is 8. The molecule has 1 aromatic rings. The second kappa shape index (κ2) is 11.6. The molecule has 0 aliphatic heterocycles. The summed E-state index contributed by atoms with van der Waals surface area (Å²) in [7, 11) is 0. The molecule has 10 nitrogen and oxygen atoms in total. The van der Waals surface area contributed by atoms with Crippen LogP contribution in [-0.2, 0) is 20.9 Å². The van der Waals surface area contributed by atoms with Gasteiger partial charge in [-0.05, 0) is 122 Å². The van der Waals surface area contributed by atoms with Crippen LogP contribution < -0.4 is 0 Å². The smallest absolute Gasteiger partial charge is 0.328 e. The predicted octanol–water partition coefficient (Wildman–Crippen LogP) is 7.23. The Hall–Kier alpha value is -2.88. The summed E-state index contributed by atoms with van der Waals surface area (Å²) in [5.41, 5.74) is 2.30. The highest BCUT2D eigenvalue weighted by Crippen LogP contribution is 2.77. The monoisotopic (exact) mass is 678 g/mol. The highest BCUT2D eigenvalue weighted by molar-refractivity contribution is 6.00. The lowest BCUT2D eigenvalue weighted by Crippen LogP contribution is -2.64. The van der Waals surface area contributed by atoms with Crippen LogP contribution >= 0.6 is 0 Å². The van der Waals surface area contributed by atoms with E-state index in [0.29, 0.717) is 18.3 Å². The Bertz CT molecular complexity index is 1620. The molecule has 0 aromatic carbocycles. The zero-order chi connectivity index (χ0) is 36.1. The number of aliphatic hydroxyl groups excluding tert-OH is 1. The Labute approximate surface area is 291 Å². The Kier molecular flexibility index (Phi) is 8.49. The van der Waals surface area contributed by atoms with Crippen molar-refractivity contribution in [2.45, 2.75) is 139 Å². The van der Waals surface area contributed by atoms with Crippen LogP contribution in [-0.4, -0.2) is 55.0 Å². The first-order valence-electron chi connectivity index (χ1n) is 18.5. The topological polar surface area (TPSA) is 137 Å². The highest BCUT2D eigenvalue weighted by atomic mass is 16.6. The van der Waals surface area contributed by atoms with Gasteiger partial charge in [0.15, 0.2) is 5.78 Å². The minimum atomic E-state index is -1.16. The Morgan fingerprint density at radius 1 is 1.08 bits per heavy atom. The van der Waals surface area contributed by atoms with Crippen molar-refractivity contribution in [1.82, 2.24) is 15.0 Å². The summed E-state index contributed by atoms with van der Waals surface area (Å²) >= 11 is 0.